The highest BCUT2D eigenvalue weighted by molar-refractivity contribution is 5.81. The molecule has 4 N–H and O–H groups in total. The molecule has 0 rings (SSSR count). The van der Waals surface area contributed by atoms with Crippen molar-refractivity contribution in [1.82, 2.24) is 16.0 Å². The topological polar surface area (TPSA) is 230 Å². The summed E-state index contributed by atoms with van der Waals surface area (Å²) in [5, 5.41) is 17.3. The number of hydrogen-bond donors (Lipinski definition) is 4. The van der Waals surface area contributed by atoms with Gasteiger partial charge in [0.15, 0.2) is 5.78 Å². The van der Waals surface area contributed by atoms with E-state index < -0.39 is 5.97 Å². The molecular weight excluding hydrogens is 815 g/mol. The van der Waals surface area contributed by atoms with Gasteiger partial charge in [0.1, 0.15) is 24.8 Å². The number of ketones is 3. The molecule has 0 spiro atoms. The van der Waals surface area contributed by atoms with Crippen LogP contribution in [0.25, 0.3) is 0 Å². The Morgan fingerprint density at radius 1 is 0.460 bits per heavy atom. The first-order chi connectivity index (χ1) is 30.6. The van der Waals surface area contributed by atoms with Gasteiger partial charge >= 0.3 is 12.1 Å². The lowest BCUT2D eigenvalue weighted by atomic mass is 10.0. The van der Waals surface area contributed by atoms with E-state index in [9.17, 15) is 28.8 Å². The van der Waals surface area contributed by atoms with Crippen molar-refractivity contribution in [3.8, 4) is 0 Å². The smallest absolute Gasteiger partial charge is 0.373 e. The first-order valence-electron chi connectivity index (χ1n) is 23.8. The zero-order valence-corrected chi connectivity index (χ0v) is 39.1. The minimum absolute atomic E-state index is 0.0451. The minimum atomic E-state index is -0.690. The summed E-state index contributed by atoms with van der Waals surface area (Å²) in [5.74, 6) is -0.573. The van der Waals surface area contributed by atoms with Crippen molar-refractivity contribution in [2.75, 3.05) is 73.0 Å². The molecule has 0 aliphatic heterocycles. The van der Waals surface area contributed by atoms with Crippen molar-refractivity contribution in [3.05, 3.63) is 0 Å². The average molecular weight is 900 g/mol. The molecule has 1 atom stereocenters. The summed E-state index contributed by atoms with van der Waals surface area (Å²) in [7, 11) is 1.76. The van der Waals surface area contributed by atoms with Gasteiger partial charge in [0.25, 0.3) is 0 Å². The van der Waals surface area contributed by atoms with Crippen LogP contribution in [0.15, 0.2) is 0 Å². The summed E-state index contributed by atoms with van der Waals surface area (Å²) in [5.41, 5.74) is 0. The summed E-state index contributed by atoms with van der Waals surface area (Å²) in [4.78, 5) is 86.3. The second-order valence-corrected chi connectivity index (χ2v) is 16.0. The van der Waals surface area contributed by atoms with Crippen LogP contribution in [0.3, 0.4) is 0 Å². The number of carboxylic acid groups (broad SMARTS) is 1. The van der Waals surface area contributed by atoms with Crippen molar-refractivity contribution in [2.24, 2.45) is 0 Å². The monoisotopic (exact) mass is 900 g/mol. The van der Waals surface area contributed by atoms with Crippen molar-refractivity contribution in [2.45, 2.75) is 186 Å². The third-order valence-corrected chi connectivity index (χ3v) is 10.3. The summed E-state index contributed by atoms with van der Waals surface area (Å²) in [6.07, 6.45) is 24.8. The largest absolute Gasteiger partial charge is 0.481 e. The van der Waals surface area contributed by atoms with Crippen LogP contribution in [-0.2, 0) is 57.3 Å². The van der Waals surface area contributed by atoms with E-state index in [2.05, 4.69) is 16.0 Å². The molecule has 0 aromatic rings. The number of carboxylic acids is 1. The fraction of sp³-hybridized carbons (Fsp3) is 0.851. The molecule has 0 bridgehead atoms. The Labute approximate surface area is 378 Å². The van der Waals surface area contributed by atoms with Crippen molar-refractivity contribution in [1.29, 1.82) is 0 Å². The molecular formula is C47H85N3O13. The number of Topliss-reactive ketones (excluding diaryl/α,β-unsaturated/α-hetero) is 3. The van der Waals surface area contributed by atoms with E-state index in [1.165, 1.54) is 57.8 Å². The van der Waals surface area contributed by atoms with Gasteiger partial charge in [0.05, 0.1) is 32.5 Å². The maximum absolute atomic E-state index is 12.2. The van der Waals surface area contributed by atoms with E-state index in [4.69, 9.17) is 33.6 Å². The fourth-order valence-electron chi connectivity index (χ4n) is 6.64. The van der Waals surface area contributed by atoms with Gasteiger partial charge in [-0.1, -0.05) is 77.0 Å². The van der Waals surface area contributed by atoms with E-state index in [0.29, 0.717) is 97.7 Å². The second-order valence-electron chi connectivity index (χ2n) is 16.0. The standard InChI is InChI=1S/C46H85N3O11.CO2/c1-40(50)43(47-2)27-17-20-30-49-45(54)39-60-38-42(52)25-19-22-33-58-35-37-59-36-34-57-32-21-18-24-41(51)26-23-31-48-44(53)28-15-13-11-9-7-5-3-4-6-8-10-12-14-16-29-46(55)56;2-1-3/h43,47H,3-39H2,1-2H3,(H,48,53)(H,49,54)(H,55,56);. The van der Waals surface area contributed by atoms with Crippen LogP contribution in [0.2, 0.25) is 0 Å². The molecule has 0 saturated heterocycles. The molecule has 16 heteroatoms. The molecule has 0 aromatic carbocycles. The van der Waals surface area contributed by atoms with E-state index in [0.717, 1.165) is 70.6 Å². The summed E-state index contributed by atoms with van der Waals surface area (Å²) >= 11 is 0. The lowest BCUT2D eigenvalue weighted by Gasteiger charge is -2.12. The Balaban J connectivity index is 0. The predicted molar refractivity (Wildman–Crippen MR) is 240 cm³/mol. The van der Waals surface area contributed by atoms with Gasteiger partial charge in [-0.2, -0.15) is 9.59 Å². The average Bonchev–Trinajstić information content (AvgIpc) is 3.24. The van der Waals surface area contributed by atoms with E-state index in [1.807, 2.05) is 0 Å². The molecule has 0 aromatic heterocycles. The van der Waals surface area contributed by atoms with Crippen molar-refractivity contribution in [3.63, 3.8) is 0 Å². The SMILES string of the molecule is CNC(CCCCNC(=O)COCC(=O)CCCCOCCOCCOCCCCC(=O)CCCNC(=O)CCCCCCCCCCCCCCCCC(=O)O)C(C)=O.O=C=O. The highest BCUT2D eigenvalue weighted by Gasteiger charge is 2.11. The van der Waals surface area contributed by atoms with Crippen LogP contribution in [0.1, 0.15) is 180 Å². The van der Waals surface area contributed by atoms with E-state index in [-0.39, 0.29) is 54.6 Å². The number of ether oxygens (including phenoxy) is 4. The van der Waals surface area contributed by atoms with E-state index in [1.54, 1.807) is 14.0 Å². The highest BCUT2D eigenvalue weighted by Crippen LogP contribution is 2.14. The Morgan fingerprint density at radius 2 is 0.873 bits per heavy atom. The number of carbonyl (C=O) groups is 6. The van der Waals surface area contributed by atoms with Crippen molar-refractivity contribution >= 4 is 41.3 Å². The lowest BCUT2D eigenvalue weighted by Crippen LogP contribution is -2.33. The van der Waals surface area contributed by atoms with E-state index >= 15 is 0 Å². The number of hydrogen-bond acceptors (Lipinski definition) is 13. The van der Waals surface area contributed by atoms with Crippen LogP contribution in [0, 0.1) is 0 Å². The first kappa shape index (κ1) is 61.7. The molecule has 1 unspecified atom stereocenters. The van der Waals surface area contributed by atoms with Crippen LogP contribution < -0.4 is 16.0 Å². The Bertz CT molecular complexity index is 1180. The van der Waals surface area contributed by atoms with Crippen LogP contribution in [0.4, 0.5) is 0 Å². The first-order valence-corrected chi connectivity index (χ1v) is 23.8. The van der Waals surface area contributed by atoms with Gasteiger partial charge < -0.3 is 40.0 Å². The number of nitrogens with one attached hydrogen (secondary N) is 3. The van der Waals surface area contributed by atoms with Crippen LogP contribution in [-0.4, -0.2) is 125 Å². The lowest BCUT2D eigenvalue weighted by molar-refractivity contribution is -0.191. The number of carbonyl (C=O) groups excluding carboxylic acids is 7. The van der Waals surface area contributed by atoms with Gasteiger partial charge in [0.2, 0.25) is 11.8 Å². The van der Waals surface area contributed by atoms with Gasteiger partial charge in [-0.3, -0.25) is 28.8 Å². The molecule has 366 valence electrons. The van der Waals surface area contributed by atoms with Gasteiger partial charge in [-0.25, -0.2) is 0 Å². The van der Waals surface area contributed by atoms with Gasteiger partial charge in [-0.05, 0) is 78.2 Å². The zero-order chi connectivity index (χ0) is 46.9. The molecule has 16 nitrogen and oxygen atoms in total. The third-order valence-electron chi connectivity index (χ3n) is 10.3. The fourth-order valence-corrected chi connectivity index (χ4v) is 6.64. The minimum Gasteiger partial charge on any atom is -0.481 e. The predicted octanol–water partition coefficient (Wildman–Crippen LogP) is 6.63. The van der Waals surface area contributed by atoms with Gasteiger partial charge in [-0.15, -0.1) is 0 Å². The number of likely N-dealkylation sites (N-methyl/N-ethyl adjacent to an activating group) is 1. The molecule has 0 saturated carbocycles. The van der Waals surface area contributed by atoms with Gasteiger partial charge in [0, 0.05) is 58.4 Å². The van der Waals surface area contributed by atoms with Crippen molar-refractivity contribution < 1.29 is 62.4 Å². The molecule has 0 radical (unpaired) electrons. The maximum atomic E-state index is 12.2. The molecule has 2 amide bonds. The number of amides is 2. The summed E-state index contributed by atoms with van der Waals surface area (Å²) < 4.78 is 21.9. The van der Waals surface area contributed by atoms with Crippen LogP contribution >= 0.6 is 0 Å². The number of rotatable bonds is 48. The summed E-state index contributed by atoms with van der Waals surface area (Å²) in [6, 6.07) is -0.144. The second kappa shape index (κ2) is 49.6. The van der Waals surface area contributed by atoms with Crippen LogP contribution in [0.5, 0.6) is 0 Å². The number of unbranched alkanes of at least 4 members (excludes halogenated alkanes) is 16. The Hall–Kier alpha value is -3.40. The maximum Gasteiger partial charge on any atom is 0.373 e. The number of aliphatic carboxylic acids is 1. The molecule has 0 aliphatic carbocycles. The Morgan fingerprint density at radius 3 is 1.37 bits per heavy atom. The quantitative estimate of drug-likeness (QED) is 0.0470. The zero-order valence-electron chi connectivity index (χ0n) is 39.1. The molecule has 0 heterocycles. The molecule has 0 fully saturated rings. The highest BCUT2D eigenvalue weighted by atomic mass is 16.5. The third kappa shape index (κ3) is 51.1. The Kier molecular flexibility index (Phi) is 48.6. The summed E-state index contributed by atoms with van der Waals surface area (Å²) in [6.45, 7) is 5.41. The molecule has 63 heavy (non-hydrogen) atoms. The molecule has 0 aliphatic rings. The normalized spacial score (nSPS) is 11.3.